The van der Waals surface area contributed by atoms with Crippen LogP contribution >= 0.6 is 0 Å². The Bertz CT molecular complexity index is 537. The Labute approximate surface area is 98.3 Å². The quantitative estimate of drug-likeness (QED) is 0.702. The Kier molecular flexibility index (Phi) is 2.17. The van der Waals surface area contributed by atoms with Crippen molar-refractivity contribution in [3.05, 3.63) is 15.9 Å². The number of fused-ring (bicyclic) bond motifs is 3. The average molecular weight is 234 g/mol. The van der Waals surface area contributed by atoms with Gasteiger partial charge >= 0.3 is 0 Å². The van der Waals surface area contributed by atoms with Crippen molar-refractivity contribution in [2.45, 2.75) is 18.9 Å². The Morgan fingerprint density at radius 2 is 2.41 bits per heavy atom. The lowest BCUT2D eigenvalue weighted by molar-refractivity contribution is 0.254. The number of ether oxygens (including phenoxy) is 1. The second kappa shape index (κ2) is 3.58. The first-order chi connectivity index (χ1) is 8.22. The molecular formula is C11H14N4O2. The van der Waals surface area contributed by atoms with Gasteiger partial charge in [0.1, 0.15) is 12.3 Å². The zero-order valence-corrected chi connectivity index (χ0v) is 9.64. The van der Waals surface area contributed by atoms with Crippen molar-refractivity contribution in [2.75, 3.05) is 18.1 Å². The van der Waals surface area contributed by atoms with Gasteiger partial charge in [-0.05, 0) is 12.8 Å². The summed E-state index contributed by atoms with van der Waals surface area (Å²) in [6.07, 6.45) is 3.28. The van der Waals surface area contributed by atoms with E-state index >= 15 is 0 Å². The van der Waals surface area contributed by atoms with Crippen molar-refractivity contribution in [3.63, 3.8) is 0 Å². The number of hydrogen-bond acceptors (Lipinski definition) is 5. The van der Waals surface area contributed by atoms with E-state index in [0.29, 0.717) is 29.8 Å². The molecule has 0 saturated carbocycles. The summed E-state index contributed by atoms with van der Waals surface area (Å²) >= 11 is 0. The number of aromatic nitrogens is 2. The predicted molar refractivity (Wildman–Crippen MR) is 63.2 cm³/mol. The summed E-state index contributed by atoms with van der Waals surface area (Å²) in [5.74, 6) is 0.476. The highest BCUT2D eigenvalue weighted by molar-refractivity contribution is 5.88. The zero-order valence-electron chi connectivity index (χ0n) is 9.64. The molecular weight excluding hydrogens is 220 g/mol. The van der Waals surface area contributed by atoms with Gasteiger partial charge in [0.05, 0.1) is 11.6 Å². The van der Waals surface area contributed by atoms with E-state index in [1.807, 2.05) is 0 Å². The van der Waals surface area contributed by atoms with Crippen molar-refractivity contribution >= 4 is 11.9 Å². The van der Waals surface area contributed by atoms with Gasteiger partial charge in [0.2, 0.25) is 0 Å². The van der Waals surface area contributed by atoms with Gasteiger partial charge < -0.3 is 15.0 Å². The number of nitrogens with one attached hydrogen (secondary N) is 1. The number of nitrogens with zero attached hydrogens (tertiary/aromatic N) is 3. The van der Waals surface area contributed by atoms with Gasteiger partial charge in [-0.25, -0.2) is 4.68 Å². The summed E-state index contributed by atoms with van der Waals surface area (Å²) in [6, 6.07) is 0.329. The van der Waals surface area contributed by atoms with E-state index in [2.05, 4.69) is 10.00 Å². The Hall–Kier alpha value is -1.85. The van der Waals surface area contributed by atoms with Crippen LogP contribution in [0.2, 0.25) is 0 Å². The molecule has 0 amide bonds. The molecule has 90 valence electrons. The lowest BCUT2D eigenvalue weighted by Crippen LogP contribution is -2.41. The van der Waals surface area contributed by atoms with E-state index in [9.17, 15) is 4.79 Å². The van der Waals surface area contributed by atoms with E-state index in [0.717, 1.165) is 25.6 Å². The molecule has 1 fully saturated rings. The van der Waals surface area contributed by atoms with E-state index in [4.69, 9.17) is 10.1 Å². The van der Waals surface area contributed by atoms with Crippen LogP contribution in [0.1, 0.15) is 18.4 Å². The highest BCUT2D eigenvalue weighted by Crippen LogP contribution is 2.37. The summed E-state index contributed by atoms with van der Waals surface area (Å²) in [7, 11) is 1.58. The second-order valence-corrected chi connectivity index (χ2v) is 4.44. The molecule has 1 N–H and O–H groups in total. The third kappa shape index (κ3) is 1.36. The number of anilines is 1. The molecule has 0 spiro atoms. The van der Waals surface area contributed by atoms with Gasteiger partial charge in [-0.1, -0.05) is 0 Å². The molecule has 2 aliphatic heterocycles. The molecule has 1 aromatic heterocycles. The second-order valence-electron chi connectivity index (χ2n) is 4.44. The summed E-state index contributed by atoms with van der Waals surface area (Å²) in [4.78, 5) is 14.1. The number of hydrogen-bond donors (Lipinski definition) is 1. The fourth-order valence-corrected chi connectivity index (χ4v) is 2.60. The number of aryl methyl sites for hydroxylation is 1. The van der Waals surface area contributed by atoms with Crippen LogP contribution < -0.4 is 15.2 Å². The van der Waals surface area contributed by atoms with Crippen LogP contribution in [0.4, 0.5) is 5.69 Å². The minimum Gasteiger partial charge on any atom is -0.473 e. The van der Waals surface area contributed by atoms with Gasteiger partial charge in [-0.2, -0.15) is 0 Å². The molecule has 3 heterocycles. The fraction of sp³-hybridized carbons (Fsp3) is 0.545. The van der Waals surface area contributed by atoms with Gasteiger partial charge in [-0.15, -0.1) is 5.10 Å². The van der Waals surface area contributed by atoms with Crippen LogP contribution in [0.15, 0.2) is 4.79 Å². The van der Waals surface area contributed by atoms with Crippen molar-refractivity contribution < 1.29 is 4.74 Å². The molecule has 17 heavy (non-hydrogen) atoms. The van der Waals surface area contributed by atoms with Crippen molar-refractivity contribution in [3.8, 4) is 5.88 Å². The van der Waals surface area contributed by atoms with E-state index in [1.165, 1.54) is 4.68 Å². The summed E-state index contributed by atoms with van der Waals surface area (Å²) in [5.41, 5.74) is 0.843. The van der Waals surface area contributed by atoms with Crippen LogP contribution in [0, 0.1) is 5.41 Å². The van der Waals surface area contributed by atoms with Crippen molar-refractivity contribution in [2.24, 2.45) is 7.05 Å². The Balaban J connectivity index is 2.25. The fourth-order valence-electron chi connectivity index (χ4n) is 2.60. The minimum atomic E-state index is -0.241. The smallest absolute Gasteiger partial charge is 0.277 e. The SMILES string of the molecule is Cn1nc2c(c(C=N)c1=O)N1CCCC1CO2. The molecule has 6 heteroatoms. The maximum absolute atomic E-state index is 11.9. The molecule has 1 unspecified atom stereocenters. The highest BCUT2D eigenvalue weighted by atomic mass is 16.5. The molecule has 0 aliphatic carbocycles. The van der Waals surface area contributed by atoms with E-state index in [-0.39, 0.29) is 5.56 Å². The molecule has 0 aromatic carbocycles. The first-order valence-corrected chi connectivity index (χ1v) is 5.73. The molecule has 2 aliphatic rings. The third-order valence-corrected chi connectivity index (χ3v) is 3.44. The standard InChI is InChI=1S/C11H14N4O2/c1-14-11(16)8(5-12)9-10(13-14)17-6-7-3-2-4-15(7)9/h5,7,12H,2-4,6H2,1H3. The molecule has 0 radical (unpaired) electrons. The molecule has 1 aromatic rings. The van der Waals surface area contributed by atoms with E-state index < -0.39 is 0 Å². The monoisotopic (exact) mass is 234 g/mol. The summed E-state index contributed by atoms with van der Waals surface area (Å²) in [6.45, 7) is 1.53. The number of rotatable bonds is 1. The third-order valence-electron chi connectivity index (χ3n) is 3.44. The Morgan fingerprint density at radius 1 is 1.59 bits per heavy atom. The summed E-state index contributed by atoms with van der Waals surface area (Å²) < 4.78 is 6.83. The lowest BCUT2D eigenvalue weighted by atomic mass is 10.1. The first kappa shape index (κ1) is 10.3. The minimum absolute atomic E-state index is 0.241. The van der Waals surface area contributed by atoms with Crippen LogP contribution in [0.3, 0.4) is 0 Å². The average Bonchev–Trinajstić information content (AvgIpc) is 2.79. The predicted octanol–water partition coefficient (Wildman–Crippen LogP) is 0.139. The van der Waals surface area contributed by atoms with Crippen LogP contribution in [0.25, 0.3) is 0 Å². The maximum atomic E-state index is 11.9. The van der Waals surface area contributed by atoms with Crippen molar-refractivity contribution in [1.29, 1.82) is 5.41 Å². The van der Waals surface area contributed by atoms with Crippen molar-refractivity contribution in [1.82, 2.24) is 9.78 Å². The molecule has 1 atom stereocenters. The molecule has 1 saturated heterocycles. The largest absolute Gasteiger partial charge is 0.473 e. The Morgan fingerprint density at radius 3 is 3.18 bits per heavy atom. The molecule has 0 bridgehead atoms. The van der Waals surface area contributed by atoms with Crippen LogP contribution in [0.5, 0.6) is 5.88 Å². The van der Waals surface area contributed by atoms with Gasteiger partial charge in [0.25, 0.3) is 11.4 Å². The first-order valence-electron chi connectivity index (χ1n) is 5.73. The summed E-state index contributed by atoms with van der Waals surface area (Å²) in [5, 5.41) is 11.5. The van der Waals surface area contributed by atoms with E-state index in [1.54, 1.807) is 7.05 Å². The molecule has 6 nitrogen and oxygen atoms in total. The lowest BCUT2D eigenvalue weighted by Gasteiger charge is -2.33. The topological polar surface area (TPSA) is 71.2 Å². The zero-order chi connectivity index (χ0) is 12.0. The normalized spacial score (nSPS) is 21.7. The van der Waals surface area contributed by atoms with Gasteiger partial charge in [0, 0.05) is 19.8 Å². The maximum Gasteiger partial charge on any atom is 0.277 e. The highest BCUT2D eigenvalue weighted by Gasteiger charge is 2.35. The van der Waals surface area contributed by atoms with Crippen LogP contribution in [-0.4, -0.2) is 35.2 Å². The van der Waals surface area contributed by atoms with Gasteiger partial charge in [0.15, 0.2) is 0 Å². The van der Waals surface area contributed by atoms with Crippen LogP contribution in [-0.2, 0) is 7.05 Å². The molecule has 3 rings (SSSR count). The van der Waals surface area contributed by atoms with Gasteiger partial charge in [-0.3, -0.25) is 4.79 Å².